The number of nitrogens with zero attached hydrogens (tertiary/aromatic N) is 1. The highest BCUT2D eigenvalue weighted by Crippen LogP contribution is 2.59. The Labute approximate surface area is 187 Å². The maximum atomic E-state index is 13.1. The highest BCUT2D eigenvalue weighted by atomic mass is 16.7. The molecule has 170 valence electrons. The lowest BCUT2D eigenvalue weighted by molar-refractivity contribution is -0.955. The number of cyclic esters (lactones) is 1. The molecule has 0 aromatic heterocycles. The largest absolute Gasteiger partial charge is 0.493 e. The van der Waals surface area contributed by atoms with Crippen LogP contribution >= 0.6 is 0 Å². The zero-order valence-electron chi connectivity index (χ0n) is 19.2. The molecule has 32 heavy (non-hydrogen) atoms. The first kappa shape index (κ1) is 20.8. The van der Waals surface area contributed by atoms with Crippen LogP contribution in [-0.2, 0) is 16.7 Å². The van der Waals surface area contributed by atoms with Crippen molar-refractivity contribution in [3.63, 3.8) is 0 Å². The van der Waals surface area contributed by atoms with Crippen LogP contribution in [-0.4, -0.2) is 59.2 Å². The van der Waals surface area contributed by atoms with E-state index in [1.54, 1.807) is 14.2 Å². The molecule has 3 aliphatic heterocycles. The monoisotopic (exact) mass is 442 g/mol. The summed E-state index contributed by atoms with van der Waals surface area (Å²) in [4.78, 5) is 13.1. The molecular formula is C24H28NO7+. The van der Waals surface area contributed by atoms with Crippen LogP contribution in [0.2, 0.25) is 0 Å². The number of likely N-dealkylation sites (N-methyl/N-ethyl adjacent to an activating group) is 1. The molecule has 0 aliphatic carbocycles. The van der Waals surface area contributed by atoms with Gasteiger partial charge >= 0.3 is 5.97 Å². The fourth-order valence-electron chi connectivity index (χ4n) is 5.41. The second-order valence-corrected chi connectivity index (χ2v) is 9.03. The van der Waals surface area contributed by atoms with Gasteiger partial charge < -0.3 is 32.9 Å². The zero-order valence-corrected chi connectivity index (χ0v) is 19.2. The van der Waals surface area contributed by atoms with Gasteiger partial charge in [0.2, 0.25) is 12.5 Å². The van der Waals surface area contributed by atoms with Crippen molar-refractivity contribution in [3.05, 3.63) is 40.5 Å². The van der Waals surface area contributed by atoms with Gasteiger partial charge in [-0.2, -0.15) is 0 Å². The molecule has 2 aromatic rings. The summed E-state index contributed by atoms with van der Waals surface area (Å²) in [5.41, 5.74) is 2.59. The summed E-state index contributed by atoms with van der Waals surface area (Å²) in [6.07, 6.45) is 0.276. The van der Waals surface area contributed by atoms with Crippen molar-refractivity contribution in [2.45, 2.75) is 25.0 Å². The number of hydrogen-bond donors (Lipinski definition) is 0. The van der Waals surface area contributed by atoms with Gasteiger partial charge in [-0.05, 0) is 24.6 Å². The van der Waals surface area contributed by atoms with Gasteiger partial charge in [-0.15, -0.1) is 0 Å². The van der Waals surface area contributed by atoms with Crippen LogP contribution in [0, 0.1) is 0 Å². The fourth-order valence-corrected chi connectivity index (χ4v) is 5.41. The summed E-state index contributed by atoms with van der Waals surface area (Å²) in [7, 11) is 9.02. The van der Waals surface area contributed by atoms with E-state index in [4.69, 9.17) is 28.4 Å². The van der Waals surface area contributed by atoms with Crippen molar-refractivity contribution in [3.8, 4) is 28.7 Å². The molecule has 0 fully saturated rings. The van der Waals surface area contributed by atoms with Crippen molar-refractivity contribution in [1.29, 1.82) is 0 Å². The van der Waals surface area contributed by atoms with E-state index in [9.17, 15) is 4.79 Å². The quantitative estimate of drug-likeness (QED) is 0.532. The molecule has 2 unspecified atom stereocenters. The smallest absolute Gasteiger partial charge is 0.343 e. The van der Waals surface area contributed by atoms with E-state index in [-0.39, 0.29) is 6.79 Å². The Kier molecular flexibility index (Phi) is 4.50. The fraction of sp³-hybridized carbons (Fsp3) is 0.458. The predicted molar refractivity (Wildman–Crippen MR) is 115 cm³/mol. The Morgan fingerprint density at radius 3 is 2.50 bits per heavy atom. The normalized spacial score (nSPS) is 24.4. The molecule has 2 atom stereocenters. The first-order valence-corrected chi connectivity index (χ1v) is 10.6. The van der Waals surface area contributed by atoms with E-state index in [1.807, 2.05) is 18.2 Å². The van der Waals surface area contributed by atoms with Crippen LogP contribution in [0.4, 0.5) is 0 Å². The Morgan fingerprint density at radius 2 is 1.81 bits per heavy atom. The lowest BCUT2D eigenvalue weighted by Crippen LogP contribution is -2.62. The van der Waals surface area contributed by atoms with E-state index in [2.05, 4.69) is 21.0 Å². The Bertz CT molecular complexity index is 1130. The highest BCUT2D eigenvalue weighted by Gasteiger charge is 2.60. The molecule has 3 aliphatic rings. The van der Waals surface area contributed by atoms with Crippen molar-refractivity contribution >= 4 is 5.97 Å². The molecule has 2 aromatic carbocycles. The third-order valence-corrected chi connectivity index (χ3v) is 7.41. The van der Waals surface area contributed by atoms with Gasteiger partial charge in [-0.3, -0.25) is 0 Å². The third kappa shape index (κ3) is 2.50. The van der Waals surface area contributed by atoms with Gasteiger partial charge in [-0.25, -0.2) is 4.79 Å². The number of fused-ring (bicyclic) bond motifs is 3. The molecule has 0 bridgehead atoms. The number of ether oxygens (including phenoxy) is 6. The molecular weight excluding hydrogens is 414 g/mol. The molecule has 8 heteroatoms. The van der Waals surface area contributed by atoms with Crippen LogP contribution in [0.1, 0.15) is 40.1 Å². The van der Waals surface area contributed by atoms with Crippen LogP contribution in [0.5, 0.6) is 28.7 Å². The average Bonchev–Trinajstić information content (AvgIpc) is 3.39. The van der Waals surface area contributed by atoms with E-state index >= 15 is 0 Å². The standard InChI is InChI=1S/C24H28NO7/c1-24(22-14-7-8-15(27-4)19(28-5)17(14)23(26)32-22)18-13(9-10-25(24,2)3)11-16-20(21(18)29-6)31-12-30-16/h7-8,11,22H,9-10,12H2,1-6H3/q+1. The second-order valence-electron chi connectivity index (χ2n) is 9.03. The number of carbonyl (C=O) groups is 1. The number of quaternary nitrogens is 1. The summed E-state index contributed by atoms with van der Waals surface area (Å²) in [5.74, 6) is 2.37. The molecule has 3 heterocycles. The SMILES string of the molecule is COc1ccc2c(c1OC)C(=O)OC2C1(C)c2c(cc3c(c2OC)OCO3)CC[N+]1(C)C. The molecule has 0 saturated carbocycles. The molecule has 0 N–H and O–H groups in total. The number of carbonyl (C=O) groups excluding carboxylic acids is 1. The Balaban J connectivity index is 1.78. The third-order valence-electron chi connectivity index (χ3n) is 7.41. The van der Waals surface area contributed by atoms with Crippen LogP contribution in [0.3, 0.4) is 0 Å². The second kappa shape index (κ2) is 6.93. The summed E-state index contributed by atoms with van der Waals surface area (Å²) in [6, 6.07) is 5.74. The molecule has 0 saturated heterocycles. The summed E-state index contributed by atoms with van der Waals surface area (Å²) >= 11 is 0. The summed E-state index contributed by atoms with van der Waals surface area (Å²) in [6.45, 7) is 3.13. The van der Waals surface area contributed by atoms with Crippen LogP contribution in [0.15, 0.2) is 18.2 Å². The van der Waals surface area contributed by atoms with E-state index in [0.29, 0.717) is 38.8 Å². The maximum absolute atomic E-state index is 13.1. The molecule has 0 spiro atoms. The molecule has 5 rings (SSSR count). The topological polar surface area (TPSA) is 72.5 Å². The van der Waals surface area contributed by atoms with Crippen LogP contribution in [0.25, 0.3) is 0 Å². The molecule has 8 nitrogen and oxygen atoms in total. The first-order chi connectivity index (χ1) is 15.3. The average molecular weight is 442 g/mol. The zero-order chi connectivity index (χ0) is 22.8. The van der Waals surface area contributed by atoms with Gasteiger partial charge in [0, 0.05) is 12.0 Å². The van der Waals surface area contributed by atoms with E-state index < -0.39 is 17.6 Å². The van der Waals surface area contributed by atoms with Crippen molar-refractivity contribution in [2.75, 3.05) is 48.8 Å². The minimum absolute atomic E-state index is 0.155. The summed E-state index contributed by atoms with van der Waals surface area (Å²) < 4.78 is 35.0. The van der Waals surface area contributed by atoms with Gasteiger partial charge in [0.1, 0.15) is 5.56 Å². The highest BCUT2D eigenvalue weighted by molar-refractivity contribution is 5.98. The Hall–Kier alpha value is -3.13. The van der Waals surface area contributed by atoms with Gasteiger partial charge in [0.25, 0.3) is 0 Å². The number of benzene rings is 2. The molecule has 0 amide bonds. The number of rotatable bonds is 4. The lowest BCUT2D eigenvalue weighted by atomic mass is 9.73. The van der Waals surface area contributed by atoms with E-state index in [0.717, 1.165) is 29.7 Å². The minimum Gasteiger partial charge on any atom is -0.493 e. The van der Waals surface area contributed by atoms with Crippen molar-refractivity contribution < 1.29 is 37.7 Å². The van der Waals surface area contributed by atoms with Gasteiger partial charge in [0.05, 0.1) is 47.5 Å². The van der Waals surface area contributed by atoms with E-state index in [1.165, 1.54) is 7.11 Å². The van der Waals surface area contributed by atoms with Crippen molar-refractivity contribution in [1.82, 2.24) is 0 Å². The van der Waals surface area contributed by atoms with Crippen LogP contribution < -0.4 is 23.7 Å². The predicted octanol–water partition coefficient (Wildman–Crippen LogP) is 3.20. The maximum Gasteiger partial charge on any atom is 0.343 e. The lowest BCUT2D eigenvalue weighted by Gasteiger charge is -2.52. The van der Waals surface area contributed by atoms with Crippen molar-refractivity contribution in [2.24, 2.45) is 0 Å². The van der Waals surface area contributed by atoms with Gasteiger partial charge in [-0.1, -0.05) is 6.07 Å². The summed E-state index contributed by atoms with van der Waals surface area (Å²) in [5, 5.41) is 0. The molecule has 0 radical (unpaired) electrons. The Morgan fingerprint density at radius 1 is 1.06 bits per heavy atom. The minimum atomic E-state index is -0.666. The first-order valence-electron chi connectivity index (χ1n) is 10.6. The van der Waals surface area contributed by atoms with Gasteiger partial charge in [0.15, 0.2) is 34.6 Å². The number of esters is 1. The number of methoxy groups -OCH3 is 3. The number of hydrogen-bond acceptors (Lipinski definition) is 7.